The number of aromatic nitrogens is 1. The van der Waals surface area contributed by atoms with Crippen molar-refractivity contribution in [2.75, 3.05) is 26.2 Å². The van der Waals surface area contributed by atoms with Crippen LogP contribution in [0.1, 0.15) is 10.4 Å². The summed E-state index contributed by atoms with van der Waals surface area (Å²) in [5.74, 6) is -0.105. The molecule has 3 heterocycles. The zero-order valence-electron chi connectivity index (χ0n) is 10.2. The Labute approximate surface area is 115 Å². The zero-order valence-corrected chi connectivity index (χ0v) is 10.9. The van der Waals surface area contributed by atoms with Crippen molar-refractivity contribution in [1.29, 1.82) is 0 Å². The van der Waals surface area contributed by atoms with E-state index in [2.05, 4.69) is 10.3 Å². The van der Waals surface area contributed by atoms with Gasteiger partial charge in [-0.05, 0) is 6.07 Å². The summed E-state index contributed by atoms with van der Waals surface area (Å²) in [7, 11) is 0. The Hall–Kier alpha value is -1.82. The Kier molecular flexibility index (Phi) is 3.02. The molecule has 3 rings (SSSR count). The second-order valence-electron chi connectivity index (χ2n) is 4.64. The summed E-state index contributed by atoms with van der Waals surface area (Å²) in [6, 6.07) is 1.64. The highest BCUT2D eigenvalue weighted by molar-refractivity contribution is 6.33. The Morgan fingerprint density at radius 3 is 3.11 bits per heavy atom. The van der Waals surface area contributed by atoms with Crippen molar-refractivity contribution in [1.82, 2.24) is 20.1 Å². The minimum atomic E-state index is -0.105. The molecule has 2 aliphatic rings. The molecule has 0 spiro atoms. The Balaban J connectivity index is 1.76. The summed E-state index contributed by atoms with van der Waals surface area (Å²) in [4.78, 5) is 31.3. The fraction of sp³-hybridized carbons (Fsp3) is 0.417. The van der Waals surface area contributed by atoms with Gasteiger partial charge in [-0.3, -0.25) is 9.78 Å². The normalized spacial score (nSPS) is 22.2. The number of nitrogens with one attached hydrogen (secondary N) is 1. The first-order valence-electron chi connectivity index (χ1n) is 6.10. The molecule has 1 aromatic heterocycles. The van der Waals surface area contributed by atoms with Gasteiger partial charge in [-0.1, -0.05) is 11.6 Å². The molecule has 100 valence electrons. The van der Waals surface area contributed by atoms with E-state index in [4.69, 9.17) is 11.6 Å². The third-order valence-electron chi connectivity index (χ3n) is 3.52. The maximum Gasteiger partial charge on any atom is 0.317 e. The number of carbonyl (C=O) groups excluding carboxylic acids is 2. The van der Waals surface area contributed by atoms with Crippen molar-refractivity contribution >= 4 is 23.5 Å². The number of hydrogen-bond acceptors (Lipinski definition) is 3. The Morgan fingerprint density at radius 1 is 1.47 bits per heavy atom. The summed E-state index contributed by atoms with van der Waals surface area (Å²) in [5.41, 5.74) is 0.461. The highest BCUT2D eigenvalue weighted by atomic mass is 35.5. The quantitative estimate of drug-likeness (QED) is 0.819. The molecule has 3 amide bonds. The first-order valence-corrected chi connectivity index (χ1v) is 6.48. The van der Waals surface area contributed by atoms with E-state index in [0.717, 1.165) is 0 Å². The molecule has 2 aliphatic heterocycles. The predicted molar refractivity (Wildman–Crippen MR) is 69.0 cm³/mol. The van der Waals surface area contributed by atoms with Crippen LogP contribution in [0.4, 0.5) is 4.79 Å². The van der Waals surface area contributed by atoms with Crippen molar-refractivity contribution < 1.29 is 9.59 Å². The van der Waals surface area contributed by atoms with Crippen LogP contribution in [0.15, 0.2) is 18.5 Å². The Bertz CT molecular complexity index is 536. The van der Waals surface area contributed by atoms with Crippen LogP contribution in [-0.4, -0.2) is 58.9 Å². The molecule has 0 aromatic carbocycles. The monoisotopic (exact) mass is 280 g/mol. The molecule has 7 heteroatoms. The van der Waals surface area contributed by atoms with Gasteiger partial charge in [0.2, 0.25) is 0 Å². The number of amides is 3. The number of hydrogen-bond donors (Lipinski definition) is 1. The lowest BCUT2D eigenvalue weighted by Gasteiger charge is -2.36. The highest BCUT2D eigenvalue weighted by Gasteiger charge is 2.37. The number of carbonyl (C=O) groups is 2. The fourth-order valence-electron chi connectivity index (χ4n) is 2.51. The van der Waals surface area contributed by atoms with Crippen LogP contribution in [0.3, 0.4) is 0 Å². The zero-order chi connectivity index (χ0) is 13.4. The first kappa shape index (κ1) is 12.2. The summed E-state index contributed by atoms with van der Waals surface area (Å²) in [5, 5.41) is 3.14. The molecule has 0 bridgehead atoms. The summed E-state index contributed by atoms with van der Waals surface area (Å²) in [6.07, 6.45) is 3.02. The van der Waals surface area contributed by atoms with E-state index in [1.54, 1.807) is 22.1 Å². The van der Waals surface area contributed by atoms with Gasteiger partial charge in [-0.25, -0.2) is 4.79 Å². The van der Waals surface area contributed by atoms with Crippen molar-refractivity contribution in [2.45, 2.75) is 6.04 Å². The second kappa shape index (κ2) is 4.70. The minimum Gasteiger partial charge on any atom is -0.336 e. The van der Waals surface area contributed by atoms with Gasteiger partial charge in [0.15, 0.2) is 0 Å². The molecule has 2 saturated heterocycles. The molecule has 19 heavy (non-hydrogen) atoms. The lowest BCUT2D eigenvalue weighted by Crippen LogP contribution is -2.53. The van der Waals surface area contributed by atoms with Crippen LogP contribution >= 0.6 is 11.6 Å². The topological polar surface area (TPSA) is 65.5 Å². The van der Waals surface area contributed by atoms with E-state index in [1.165, 1.54) is 6.20 Å². The maximum atomic E-state index is 12.4. The maximum absolute atomic E-state index is 12.4. The molecule has 0 radical (unpaired) electrons. The molecule has 0 aliphatic carbocycles. The first-order chi connectivity index (χ1) is 9.16. The third-order valence-corrected chi connectivity index (χ3v) is 3.82. The number of fused-ring (bicyclic) bond motifs is 1. The predicted octanol–water partition coefficient (Wildman–Crippen LogP) is 0.585. The standard InChI is InChI=1S/C12H13ClN4O2/c13-10-6-14-2-1-9(10)11(18)16-3-4-17-8(7-16)5-15-12(17)19/h1-2,6,8H,3-5,7H2,(H,15,19). The number of nitrogens with zero attached hydrogens (tertiary/aromatic N) is 3. The number of halogens is 1. The van der Waals surface area contributed by atoms with Gasteiger partial charge >= 0.3 is 6.03 Å². The molecule has 1 unspecified atom stereocenters. The van der Waals surface area contributed by atoms with Gasteiger partial charge in [-0.15, -0.1) is 0 Å². The molecular formula is C12H13ClN4O2. The molecular weight excluding hydrogens is 268 g/mol. The van der Waals surface area contributed by atoms with E-state index < -0.39 is 0 Å². The molecule has 2 fully saturated rings. The van der Waals surface area contributed by atoms with Gasteiger partial charge in [0.25, 0.3) is 5.91 Å². The van der Waals surface area contributed by atoms with Crippen LogP contribution in [0, 0.1) is 0 Å². The number of urea groups is 1. The largest absolute Gasteiger partial charge is 0.336 e. The van der Waals surface area contributed by atoms with Crippen LogP contribution in [-0.2, 0) is 0 Å². The average molecular weight is 281 g/mol. The average Bonchev–Trinajstić information content (AvgIpc) is 2.80. The molecule has 1 N–H and O–H groups in total. The van der Waals surface area contributed by atoms with Crippen molar-refractivity contribution in [3.63, 3.8) is 0 Å². The highest BCUT2D eigenvalue weighted by Crippen LogP contribution is 2.20. The summed E-state index contributed by atoms with van der Waals surface area (Å²) in [6.45, 7) is 2.22. The van der Waals surface area contributed by atoms with Crippen molar-refractivity contribution in [3.8, 4) is 0 Å². The lowest BCUT2D eigenvalue weighted by atomic mass is 10.1. The van der Waals surface area contributed by atoms with Crippen LogP contribution < -0.4 is 5.32 Å². The fourth-order valence-corrected chi connectivity index (χ4v) is 2.71. The molecule has 1 aromatic rings. The molecule has 1 atom stereocenters. The van der Waals surface area contributed by atoms with Gasteiger partial charge in [-0.2, -0.15) is 0 Å². The van der Waals surface area contributed by atoms with E-state index in [1.807, 2.05) is 0 Å². The van der Waals surface area contributed by atoms with Gasteiger partial charge < -0.3 is 15.1 Å². The number of pyridine rings is 1. The SMILES string of the molecule is O=C(c1ccncc1Cl)N1CCN2C(=O)NCC2C1. The molecule has 6 nitrogen and oxygen atoms in total. The van der Waals surface area contributed by atoms with E-state index in [-0.39, 0.29) is 18.0 Å². The Morgan fingerprint density at radius 2 is 2.32 bits per heavy atom. The van der Waals surface area contributed by atoms with Crippen molar-refractivity contribution in [3.05, 3.63) is 29.0 Å². The summed E-state index contributed by atoms with van der Waals surface area (Å²) < 4.78 is 0. The number of piperazine rings is 1. The van der Waals surface area contributed by atoms with E-state index >= 15 is 0 Å². The van der Waals surface area contributed by atoms with Crippen LogP contribution in [0.5, 0.6) is 0 Å². The minimum absolute atomic E-state index is 0.0426. The smallest absolute Gasteiger partial charge is 0.317 e. The van der Waals surface area contributed by atoms with Crippen LogP contribution in [0.25, 0.3) is 0 Å². The molecule has 0 saturated carbocycles. The van der Waals surface area contributed by atoms with Gasteiger partial charge in [0.05, 0.1) is 16.6 Å². The van der Waals surface area contributed by atoms with Crippen LogP contribution in [0.2, 0.25) is 5.02 Å². The van der Waals surface area contributed by atoms with E-state index in [0.29, 0.717) is 36.8 Å². The second-order valence-corrected chi connectivity index (χ2v) is 5.05. The van der Waals surface area contributed by atoms with E-state index in [9.17, 15) is 9.59 Å². The lowest BCUT2D eigenvalue weighted by molar-refractivity contribution is 0.0617. The number of rotatable bonds is 1. The van der Waals surface area contributed by atoms with Gasteiger partial charge in [0.1, 0.15) is 0 Å². The van der Waals surface area contributed by atoms with Gasteiger partial charge in [0, 0.05) is 38.6 Å². The summed E-state index contributed by atoms with van der Waals surface area (Å²) >= 11 is 5.99. The third kappa shape index (κ3) is 2.12. The van der Waals surface area contributed by atoms with Crippen molar-refractivity contribution in [2.24, 2.45) is 0 Å².